The number of β-amino-alcohol motifs (C(OH)–C–C–N with tert-alkyl or cyclic N) is 1. The van der Waals surface area contributed by atoms with Gasteiger partial charge < -0.3 is 20.3 Å². The summed E-state index contributed by atoms with van der Waals surface area (Å²) < 4.78 is 11.0. The molecule has 0 spiro atoms. The third kappa shape index (κ3) is 4.45. The number of hydrogen-bond acceptors (Lipinski definition) is 5. The monoisotopic (exact) mass is 280 g/mol. The minimum Gasteiger partial charge on any atom is -0.491 e. The smallest absolute Gasteiger partial charge is 0.119 e. The number of benzene rings is 1. The molecule has 0 aromatic heterocycles. The molecule has 2 unspecified atom stereocenters. The summed E-state index contributed by atoms with van der Waals surface area (Å²) in [5, 5.41) is 10.1. The van der Waals surface area contributed by atoms with Crippen LogP contribution in [-0.4, -0.2) is 55.1 Å². The van der Waals surface area contributed by atoms with Gasteiger partial charge in [0.1, 0.15) is 18.5 Å². The minimum absolute atomic E-state index is 0.298. The van der Waals surface area contributed by atoms with E-state index in [9.17, 15) is 5.11 Å². The van der Waals surface area contributed by atoms with E-state index in [1.54, 1.807) is 0 Å². The van der Waals surface area contributed by atoms with Crippen molar-refractivity contribution in [2.45, 2.75) is 25.6 Å². The van der Waals surface area contributed by atoms with Gasteiger partial charge in [0, 0.05) is 25.7 Å². The van der Waals surface area contributed by atoms with E-state index >= 15 is 0 Å². The summed E-state index contributed by atoms with van der Waals surface area (Å²) >= 11 is 0. The van der Waals surface area contributed by atoms with Crippen molar-refractivity contribution in [3.05, 3.63) is 29.8 Å². The van der Waals surface area contributed by atoms with Gasteiger partial charge in [-0.1, -0.05) is 12.1 Å². The molecule has 5 heteroatoms. The van der Waals surface area contributed by atoms with Crippen molar-refractivity contribution >= 4 is 0 Å². The summed E-state index contributed by atoms with van der Waals surface area (Å²) in [6, 6.07) is 7.98. The topological polar surface area (TPSA) is 68.0 Å². The van der Waals surface area contributed by atoms with Gasteiger partial charge >= 0.3 is 0 Å². The minimum atomic E-state index is -0.496. The van der Waals surface area contributed by atoms with Crippen LogP contribution < -0.4 is 10.5 Å². The number of ether oxygens (including phenoxy) is 2. The molecular weight excluding hydrogens is 256 g/mol. The third-order valence-corrected chi connectivity index (χ3v) is 3.55. The van der Waals surface area contributed by atoms with Gasteiger partial charge in [0.2, 0.25) is 0 Å². The number of rotatable bonds is 6. The van der Waals surface area contributed by atoms with Gasteiger partial charge in [0.25, 0.3) is 0 Å². The molecule has 5 nitrogen and oxygen atoms in total. The summed E-state index contributed by atoms with van der Waals surface area (Å²) in [6.07, 6.45) is -0.496. The Hall–Kier alpha value is -1.14. The molecule has 0 aliphatic carbocycles. The number of aliphatic hydroxyl groups excluding tert-OH is 1. The van der Waals surface area contributed by atoms with Crippen LogP contribution in [0.2, 0.25) is 0 Å². The number of morpholine rings is 1. The Morgan fingerprint density at radius 3 is 2.85 bits per heavy atom. The second kappa shape index (κ2) is 7.59. The van der Waals surface area contributed by atoms with Crippen molar-refractivity contribution < 1.29 is 14.6 Å². The zero-order valence-electron chi connectivity index (χ0n) is 12.0. The van der Waals surface area contributed by atoms with Gasteiger partial charge in [0.15, 0.2) is 0 Å². The molecule has 112 valence electrons. The van der Waals surface area contributed by atoms with E-state index in [2.05, 4.69) is 11.8 Å². The molecule has 1 aromatic rings. The number of nitrogens with two attached hydrogens (primary N) is 1. The van der Waals surface area contributed by atoms with Crippen molar-refractivity contribution in [2.75, 3.05) is 32.9 Å². The first-order chi connectivity index (χ1) is 9.69. The number of aliphatic hydroxyl groups is 1. The molecule has 1 fully saturated rings. The fraction of sp³-hybridized carbons (Fsp3) is 0.600. The van der Waals surface area contributed by atoms with Crippen LogP contribution in [0.4, 0.5) is 0 Å². The molecule has 0 amide bonds. The molecule has 0 saturated carbocycles. The number of nitrogens with zero attached hydrogens (tertiary/aromatic N) is 1. The molecule has 3 N–H and O–H groups in total. The average molecular weight is 280 g/mol. The largest absolute Gasteiger partial charge is 0.491 e. The lowest BCUT2D eigenvalue weighted by Crippen LogP contribution is -2.47. The van der Waals surface area contributed by atoms with Gasteiger partial charge in [-0.05, 0) is 24.6 Å². The fourth-order valence-electron chi connectivity index (χ4n) is 2.27. The van der Waals surface area contributed by atoms with Gasteiger partial charge in [-0.3, -0.25) is 4.90 Å². The highest BCUT2D eigenvalue weighted by atomic mass is 16.5. The van der Waals surface area contributed by atoms with Crippen LogP contribution in [0.3, 0.4) is 0 Å². The Morgan fingerprint density at radius 1 is 1.45 bits per heavy atom. The normalized spacial score (nSPS) is 21.6. The van der Waals surface area contributed by atoms with E-state index in [-0.39, 0.29) is 0 Å². The summed E-state index contributed by atoms with van der Waals surface area (Å²) in [4.78, 5) is 2.23. The Labute approximate surface area is 120 Å². The van der Waals surface area contributed by atoms with E-state index in [0.29, 0.717) is 25.7 Å². The van der Waals surface area contributed by atoms with Crippen LogP contribution in [0.15, 0.2) is 24.3 Å². The molecule has 2 atom stereocenters. The van der Waals surface area contributed by atoms with Crippen LogP contribution in [-0.2, 0) is 11.3 Å². The molecule has 20 heavy (non-hydrogen) atoms. The Balaban J connectivity index is 1.74. The fourth-order valence-corrected chi connectivity index (χ4v) is 2.27. The van der Waals surface area contributed by atoms with Crippen LogP contribution in [0.1, 0.15) is 12.5 Å². The Bertz CT molecular complexity index is 397. The second-order valence-electron chi connectivity index (χ2n) is 5.23. The van der Waals surface area contributed by atoms with E-state index in [4.69, 9.17) is 15.2 Å². The quantitative estimate of drug-likeness (QED) is 0.799. The lowest BCUT2D eigenvalue weighted by molar-refractivity contribution is -0.0265. The predicted molar refractivity (Wildman–Crippen MR) is 77.7 cm³/mol. The summed E-state index contributed by atoms with van der Waals surface area (Å²) in [5.74, 6) is 0.760. The first kappa shape index (κ1) is 15.3. The zero-order chi connectivity index (χ0) is 14.4. The maximum Gasteiger partial charge on any atom is 0.119 e. The highest BCUT2D eigenvalue weighted by Crippen LogP contribution is 2.13. The molecule has 0 radical (unpaired) electrons. The van der Waals surface area contributed by atoms with Crippen molar-refractivity contribution in [1.82, 2.24) is 4.90 Å². The van der Waals surface area contributed by atoms with E-state index in [1.807, 2.05) is 24.3 Å². The van der Waals surface area contributed by atoms with Crippen molar-refractivity contribution in [3.63, 3.8) is 0 Å². The standard InChI is InChI=1S/C15H24N2O3/c1-12-10-19-7-6-17(12)9-14(18)11-20-15-4-2-13(8-16)3-5-15/h2-5,12,14,18H,6-11,16H2,1H3. The summed E-state index contributed by atoms with van der Waals surface area (Å²) in [5.41, 5.74) is 6.61. The highest BCUT2D eigenvalue weighted by molar-refractivity contribution is 5.27. The highest BCUT2D eigenvalue weighted by Gasteiger charge is 2.21. The van der Waals surface area contributed by atoms with Crippen molar-refractivity contribution in [3.8, 4) is 5.75 Å². The zero-order valence-corrected chi connectivity index (χ0v) is 12.0. The lowest BCUT2D eigenvalue weighted by Gasteiger charge is -2.34. The van der Waals surface area contributed by atoms with Crippen LogP contribution >= 0.6 is 0 Å². The third-order valence-electron chi connectivity index (χ3n) is 3.55. The second-order valence-corrected chi connectivity index (χ2v) is 5.23. The van der Waals surface area contributed by atoms with E-state index < -0.39 is 6.10 Å². The molecule has 1 heterocycles. The predicted octanol–water partition coefficient (Wildman–Crippen LogP) is 0.606. The van der Waals surface area contributed by atoms with Gasteiger partial charge in [-0.2, -0.15) is 0 Å². The van der Waals surface area contributed by atoms with Crippen molar-refractivity contribution in [2.24, 2.45) is 5.73 Å². The van der Waals surface area contributed by atoms with Crippen LogP contribution in [0, 0.1) is 0 Å². The van der Waals surface area contributed by atoms with E-state index in [0.717, 1.165) is 31.1 Å². The molecule has 2 rings (SSSR count). The summed E-state index contributed by atoms with van der Waals surface area (Å²) in [7, 11) is 0. The molecule has 1 aliphatic rings. The summed E-state index contributed by atoms with van der Waals surface area (Å²) in [6.45, 7) is 5.88. The van der Waals surface area contributed by atoms with Gasteiger partial charge in [-0.25, -0.2) is 0 Å². The Kier molecular flexibility index (Phi) is 5.79. The maximum atomic E-state index is 10.1. The number of hydrogen-bond donors (Lipinski definition) is 2. The first-order valence-corrected chi connectivity index (χ1v) is 7.10. The maximum absolute atomic E-state index is 10.1. The Morgan fingerprint density at radius 2 is 2.20 bits per heavy atom. The van der Waals surface area contributed by atoms with Gasteiger partial charge in [-0.15, -0.1) is 0 Å². The molecule has 1 aliphatic heterocycles. The molecular formula is C15H24N2O3. The molecule has 1 aromatic carbocycles. The first-order valence-electron chi connectivity index (χ1n) is 7.10. The van der Waals surface area contributed by atoms with Crippen molar-refractivity contribution in [1.29, 1.82) is 0 Å². The average Bonchev–Trinajstić information content (AvgIpc) is 2.48. The van der Waals surface area contributed by atoms with Gasteiger partial charge in [0.05, 0.1) is 13.2 Å². The van der Waals surface area contributed by atoms with E-state index in [1.165, 1.54) is 0 Å². The molecule has 1 saturated heterocycles. The lowest BCUT2D eigenvalue weighted by atomic mass is 10.2. The SMILES string of the molecule is CC1COCCN1CC(O)COc1ccc(CN)cc1. The van der Waals surface area contributed by atoms with Crippen LogP contribution in [0.25, 0.3) is 0 Å². The molecule has 0 bridgehead atoms. The van der Waals surface area contributed by atoms with Crippen LogP contribution in [0.5, 0.6) is 5.75 Å².